The molecule has 5 heteroatoms. The highest BCUT2D eigenvalue weighted by Gasteiger charge is 2.18. The topological polar surface area (TPSA) is 41.9 Å². The van der Waals surface area contributed by atoms with Gasteiger partial charge in [0.05, 0.1) is 0 Å². The summed E-state index contributed by atoms with van der Waals surface area (Å²) in [6.45, 7) is 0. The molecule has 0 saturated carbocycles. The van der Waals surface area contributed by atoms with Gasteiger partial charge in [-0.25, -0.2) is 15.0 Å². The summed E-state index contributed by atoms with van der Waals surface area (Å²) in [5, 5.41) is 4.89. The summed E-state index contributed by atoms with van der Waals surface area (Å²) in [5.74, 6) is 1.96. The van der Waals surface area contributed by atoms with E-state index < -0.39 is 0 Å². The summed E-state index contributed by atoms with van der Waals surface area (Å²) in [4.78, 5) is 17.4. The van der Waals surface area contributed by atoms with Gasteiger partial charge in [-0.05, 0) is 71.1 Å². The molecule has 0 saturated heterocycles. The Kier molecular flexibility index (Phi) is 7.97. The average molecular weight is 709 g/mol. The smallest absolute Gasteiger partial charge is 0.164 e. The first-order valence-corrected chi connectivity index (χ1v) is 18.8. The molecule has 0 bridgehead atoms. The molecule has 0 atom stereocenters. The molecule has 54 heavy (non-hydrogen) atoms. The lowest BCUT2D eigenvalue weighted by Gasteiger charge is -2.25. The van der Waals surface area contributed by atoms with Crippen molar-refractivity contribution in [2.75, 3.05) is 4.90 Å². The molecule has 0 aliphatic rings. The maximum Gasteiger partial charge on any atom is 0.164 e. The predicted molar refractivity (Wildman–Crippen MR) is 227 cm³/mol. The van der Waals surface area contributed by atoms with Crippen molar-refractivity contribution < 1.29 is 0 Å². The molecule has 0 unspecified atom stereocenters. The van der Waals surface area contributed by atoms with E-state index >= 15 is 0 Å². The first-order chi connectivity index (χ1) is 26.8. The van der Waals surface area contributed by atoms with Crippen LogP contribution in [-0.2, 0) is 0 Å². The van der Waals surface area contributed by atoms with Gasteiger partial charge in [0, 0.05) is 59.3 Å². The van der Waals surface area contributed by atoms with Gasteiger partial charge in [-0.15, -0.1) is 11.3 Å². The molecule has 8 aromatic carbocycles. The number of benzene rings is 8. The Labute approximate surface area is 317 Å². The highest BCUT2D eigenvalue weighted by Crippen LogP contribution is 2.44. The molecule has 4 nitrogen and oxygen atoms in total. The van der Waals surface area contributed by atoms with Gasteiger partial charge >= 0.3 is 0 Å². The largest absolute Gasteiger partial charge is 0.311 e. The second kappa shape index (κ2) is 13.6. The number of thiophene rings is 1. The fourth-order valence-corrected chi connectivity index (χ4v) is 8.52. The van der Waals surface area contributed by atoms with Crippen LogP contribution in [0.4, 0.5) is 17.1 Å². The molecule has 254 valence electrons. The zero-order valence-corrected chi connectivity index (χ0v) is 30.0. The Balaban J connectivity index is 1.15. The summed E-state index contributed by atoms with van der Waals surface area (Å²) in [7, 11) is 0. The molecular formula is C49H32N4S. The lowest BCUT2D eigenvalue weighted by Crippen LogP contribution is -2.09. The maximum absolute atomic E-state index is 5.06. The van der Waals surface area contributed by atoms with Crippen LogP contribution in [0, 0.1) is 0 Å². The van der Waals surface area contributed by atoms with Crippen molar-refractivity contribution >= 4 is 59.3 Å². The van der Waals surface area contributed by atoms with E-state index in [0.717, 1.165) is 39.3 Å². The van der Waals surface area contributed by atoms with Gasteiger partial charge in [0.25, 0.3) is 0 Å². The number of nitrogens with zero attached hydrogens (tertiary/aromatic N) is 4. The van der Waals surface area contributed by atoms with Crippen molar-refractivity contribution in [3.63, 3.8) is 0 Å². The van der Waals surface area contributed by atoms with Crippen molar-refractivity contribution in [2.24, 2.45) is 0 Å². The van der Waals surface area contributed by atoms with Crippen LogP contribution in [0.2, 0.25) is 0 Å². The van der Waals surface area contributed by atoms with Crippen molar-refractivity contribution in [3.8, 4) is 45.3 Å². The van der Waals surface area contributed by atoms with Crippen molar-refractivity contribution in [1.82, 2.24) is 15.0 Å². The Morgan fingerprint density at radius 3 is 1.39 bits per heavy atom. The number of anilines is 3. The van der Waals surface area contributed by atoms with E-state index in [0.29, 0.717) is 17.5 Å². The second-order valence-corrected chi connectivity index (χ2v) is 14.3. The van der Waals surface area contributed by atoms with E-state index in [-0.39, 0.29) is 0 Å². The van der Waals surface area contributed by atoms with Gasteiger partial charge < -0.3 is 4.90 Å². The SMILES string of the molecule is c1ccc(-c2nc(-c3ccccc3)nc(-c3ccc4c(-c5ccc(N(c6ccccc6)c6ccccc6)cc5)cc5c6ccccc6sc5c4c3)n2)cc1. The molecule has 2 heterocycles. The summed E-state index contributed by atoms with van der Waals surface area (Å²) >= 11 is 1.84. The lowest BCUT2D eigenvalue weighted by molar-refractivity contribution is 1.07. The van der Waals surface area contributed by atoms with Gasteiger partial charge in [0.15, 0.2) is 17.5 Å². The van der Waals surface area contributed by atoms with Crippen LogP contribution in [0.25, 0.3) is 76.2 Å². The second-order valence-electron chi connectivity index (χ2n) is 13.3. The van der Waals surface area contributed by atoms with Crippen molar-refractivity contribution in [2.45, 2.75) is 0 Å². The number of para-hydroxylation sites is 2. The zero-order valence-electron chi connectivity index (χ0n) is 29.2. The van der Waals surface area contributed by atoms with Gasteiger partial charge in [-0.3, -0.25) is 0 Å². The summed E-state index contributed by atoms with van der Waals surface area (Å²) in [6.07, 6.45) is 0. The van der Waals surface area contributed by atoms with Gasteiger partial charge in [0.2, 0.25) is 0 Å². The van der Waals surface area contributed by atoms with Crippen molar-refractivity contribution in [3.05, 3.63) is 194 Å². The van der Waals surface area contributed by atoms with Crippen LogP contribution in [0.15, 0.2) is 194 Å². The van der Waals surface area contributed by atoms with Gasteiger partial charge in [0.1, 0.15) is 0 Å². The van der Waals surface area contributed by atoms with E-state index in [2.05, 4.69) is 138 Å². The number of hydrogen-bond acceptors (Lipinski definition) is 5. The molecule has 10 aromatic rings. The fraction of sp³-hybridized carbons (Fsp3) is 0. The first-order valence-electron chi connectivity index (χ1n) is 18.0. The molecule has 0 radical (unpaired) electrons. The molecule has 0 spiro atoms. The minimum absolute atomic E-state index is 0.649. The standard InChI is InChI=1S/C49H32N4S/c1-5-15-34(16-6-1)47-50-48(35-17-7-2-8-18-35)52-49(51-47)36-27-30-40-42(32-44-41-23-13-14-24-45(41)54-46(44)43(40)31-36)33-25-28-39(29-26-33)53(37-19-9-3-10-20-37)38-21-11-4-12-22-38/h1-32H. The molecule has 0 aliphatic heterocycles. The first kappa shape index (κ1) is 31.8. The number of rotatable bonds is 7. The highest BCUT2D eigenvalue weighted by atomic mass is 32.1. The Morgan fingerprint density at radius 1 is 0.333 bits per heavy atom. The molecule has 0 amide bonds. The number of hydrogen-bond donors (Lipinski definition) is 0. The van der Waals surface area contributed by atoms with Crippen LogP contribution in [0.3, 0.4) is 0 Å². The van der Waals surface area contributed by atoms with E-state index in [1.165, 1.54) is 36.5 Å². The molecule has 0 aliphatic carbocycles. The third-order valence-corrected chi connectivity index (χ3v) is 11.1. The van der Waals surface area contributed by atoms with Crippen LogP contribution < -0.4 is 4.90 Å². The number of fused-ring (bicyclic) bond motifs is 5. The third kappa shape index (κ3) is 5.77. The minimum atomic E-state index is 0.649. The monoisotopic (exact) mass is 708 g/mol. The summed E-state index contributed by atoms with van der Waals surface area (Å²) in [5.41, 5.74) is 8.54. The van der Waals surface area contributed by atoms with Crippen LogP contribution >= 0.6 is 11.3 Å². The Hall–Kier alpha value is -6.95. The summed E-state index contributed by atoms with van der Waals surface area (Å²) < 4.78 is 2.53. The zero-order chi connectivity index (χ0) is 35.8. The van der Waals surface area contributed by atoms with Crippen LogP contribution in [-0.4, -0.2) is 15.0 Å². The van der Waals surface area contributed by atoms with Gasteiger partial charge in [-0.2, -0.15) is 0 Å². The average Bonchev–Trinajstić information content (AvgIpc) is 3.64. The van der Waals surface area contributed by atoms with E-state index in [4.69, 9.17) is 15.0 Å². The van der Waals surface area contributed by atoms with Crippen LogP contribution in [0.1, 0.15) is 0 Å². The maximum atomic E-state index is 5.06. The predicted octanol–water partition coefficient (Wildman–Crippen LogP) is 13.5. The van der Waals surface area contributed by atoms with E-state index in [1.807, 2.05) is 72.0 Å². The van der Waals surface area contributed by atoms with Gasteiger partial charge in [-0.1, -0.05) is 140 Å². The van der Waals surface area contributed by atoms with E-state index in [9.17, 15) is 0 Å². The Morgan fingerprint density at radius 2 is 0.796 bits per heavy atom. The molecule has 0 N–H and O–H groups in total. The minimum Gasteiger partial charge on any atom is -0.311 e. The molecule has 10 rings (SSSR count). The lowest BCUT2D eigenvalue weighted by atomic mass is 9.94. The third-order valence-electron chi connectivity index (χ3n) is 9.90. The van der Waals surface area contributed by atoms with Crippen LogP contribution in [0.5, 0.6) is 0 Å². The molecule has 2 aromatic heterocycles. The normalized spacial score (nSPS) is 11.3. The molecule has 0 fully saturated rings. The quantitative estimate of drug-likeness (QED) is 0.165. The highest BCUT2D eigenvalue weighted by molar-refractivity contribution is 7.26. The molecular weight excluding hydrogens is 677 g/mol. The van der Waals surface area contributed by atoms with E-state index in [1.54, 1.807) is 0 Å². The Bertz CT molecular complexity index is 2810. The summed E-state index contributed by atoms with van der Waals surface area (Å²) in [6, 6.07) is 68.1. The number of aromatic nitrogens is 3. The fourth-order valence-electron chi connectivity index (χ4n) is 7.30. The van der Waals surface area contributed by atoms with Crippen molar-refractivity contribution in [1.29, 1.82) is 0 Å².